The van der Waals surface area contributed by atoms with Crippen molar-refractivity contribution < 1.29 is 4.79 Å². The van der Waals surface area contributed by atoms with Crippen LogP contribution in [0.1, 0.15) is 10.4 Å². The molecule has 0 saturated carbocycles. The third-order valence-corrected chi connectivity index (χ3v) is 4.61. The van der Waals surface area contributed by atoms with Gasteiger partial charge in [-0.25, -0.2) is 19.9 Å². The molecule has 0 aliphatic carbocycles. The van der Waals surface area contributed by atoms with Crippen LogP contribution >= 0.6 is 0 Å². The van der Waals surface area contributed by atoms with Crippen molar-refractivity contribution in [3.05, 3.63) is 79.3 Å². The summed E-state index contributed by atoms with van der Waals surface area (Å²) >= 11 is 0. The number of anilines is 1. The maximum Gasteiger partial charge on any atom is 0.257 e. The standard InChI is InChI=1S/C21H15N7O/c29-21(28-20-18-19(25-11-24-18)26-12-27-20)16-7-2-1-6-15(16)13-4-3-5-14(8-13)17-9-22-10-23-17/h1-12H,(H,22,23)(H2,24,25,26,27,28,29). The van der Waals surface area contributed by atoms with Crippen LogP contribution in [0.3, 0.4) is 0 Å². The lowest BCUT2D eigenvalue weighted by molar-refractivity contribution is 0.102. The van der Waals surface area contributed by atoms with Crippen molar-refractivity contribution in [3.63, 3.8) is 0 Å². The Morgan fingerprint density at radius 1 is 0.897 bits per heavy atom. The van der Waals surface area contributed by atoms with Crippen LogP contribution in [0, 0.1) is 0 Å². The predicted octanol–water partition coefficient (Wildman–Crippen LogP) is 3.66. The van der Waals surface area contributed by atoms with Crippen LogP contribution in [0.25, 0.3) is 33.5 Å². The van der Waals surface area contributed by atoms with Gasteiger partial charge in [-0.3, -0.25) is 4.79 Å². The first-order valence-electron chi connectivity index (χ1n) is 8.93. The third-order valence-electron chi connectivity index (χ3n) is 4.61. The van der Waals surface area contributed by atoms with Crippen molar-refractivity contribution in [2.45, 2.75) is 0 Å². The Bertz CT molecular complexity index is 1310. The summed E-state index contributed by atoms with van der Waals surface area (Å²) in [5.74, 6) is 0.126. The van der Waals surface area contributed by atoms with Crippen molar-refractivity contribution in [3.8, 4) is 22.4 Å². The number of aromatic nitrogens is 6. The number of H-pyrrole nitrogens is 2. The van der Waals surface area contributed by atoms with E-state index in [9.17, 15) is 4.79 Å². The second-order valence-corrected chi connectivity index (χ2v) is 6.37. The highest BCUT2D eigenvalue weighted by molar-refractivity contribution is 6.10. The second-order valence-electron chi connectivity index (χ2n) is 6.37. The zero-order valence-electron chi connectivity index (χ0n) is 15.1. The Kier molecular flexibility index (Phi) is 4.06. The van der Waals surface area contributed by atoms with Crippen molar-refractivity contribution in [1.82, 2.24) is 29.9 Å². The van der Waals surface area contributed by atoms with E-state index < -0.39 is 0 Å². The molecule has 0 unspecified atom stereocenters. The summed E-state index contributed by atoms with van der Waals surface area (Å²) in [5.41, 5.74) is 5.27. The number of hydrogen-bond donors (Lipinski definition) is 3. The average Bonchev–Trinajstić information content (AvgIpc) is 3.46. The number of rotatable bonds is 4. The van der Waals surface area contributed by atoms with Crippen LogP contribution < -0.4 is 5.32 Å². The van der Waals surface area contributed by atoms with Gasteiger partial charge >= 0.3 is 0 Å². The Morgan fingerprint density at radius 3 is 2.69 bits per heavy atom. The van der Waals surface area contributed by atoms with Crippen molar-refractivity contribution in [1.29, 1.82) is 0 Å². The minimum absolute atomic E-state index is 0.262. The summed E-state index contributed by atoms with van der Waals surface area (Å²) in [5, 5.41) is 2.86. The number of hydrogen-bond acceptors (Lipinski definition) is 5. The summed E-state index contributed by atoms with van der Waals surface area (Å²) in [6, 6.07) is 15.4. The molecule has 0 aliphatic heterocycles. The highest BCUT2D eigenvalue weighted by Gasteiger charge is 2.16. The summed E-state index contributed by atoms with van der Waals surface area (Å²) in [7, 11) is 0. The summed E-state index contributed by atoms with van der Waals surface area (Å²) in [6.07, 6.45) is 6.30. The number of imidazole rings is 2. The molecule has 0 fully saturated rings. The van der Waals surface area contributed by atoms with Gasteiger partial charge in [-0.2, -0.15) is 0 Å². The van der Waals surface area contributed by atoms with Crippen LogP contribution in [0.4, 0.5) is 5.82 Å². The molecule has 8 heteroatoms. The molecular weight excluding hydrogens is 366 g/mol. The Balaban J connectivity index is 1.52. The average molecular weight is 381 g/mol. The molecule has 0 saturated heterocycles. The van der Waals surface area contributed by atoms with Gasteiger partial charge in [-0.05, 0) is 23.3 Å². The molecule has 0 atom stereocenters. The number of nitrogens with zero attached hydrogens (tertiary/aromatic N) is 4. The predicted molar refractivity (Wildman–Crippen MR) is 109 cm³/mol. The topological polar surface area (TPSA) is 112 Å². The minimum atomic E-state index is -0.262. The molecule has 3 aromatic heterocycles. The van der Waals surface area contributed by atoms with E-state index in [2.05, 4.69) is 35.2 Å². The van der Waals surface area contributed by atoms with E-state index in [4.69, 9.17) is 0 Å². The molecule has 2 aromatic carbocycles. The molecule has 3 heterocycles. The molecule has 5 aromatic rings. The molecule has 8 nitrogen and oxygen atoms in total. The number of aromatic amines is 2. The van der Waals surface area contributed by atoms with E-state index in [-0.39, 0.29) is 5.91 Å². The van der Waals surface area contributed by atoms with Gasteiger partial charge in [0.2, 0.25) is 0 Å². The normalized spacial score (nSPS) is 10.9. The van der Waals surface area contributed by atoms with Crippen molar-refractivity contribution in [2.75, 3.05) is 5.32 Å². The van der Waals surface area contributed by atoms with E-state index in [0.29, 0.717) is 22.5 Å². The SMILES string of the molecule is O=C(Nc1ncnc2nc[nH]c12)c1ccccc1-c1cccc(-c2cnc[nH]2)c1. The lowest BCUT2D eigenvalue weighted by atomic mass is 9.97. The van der Waals surface area contributed by atoms with Gasteiger partial charge in [0.25, 0.3) is 5.91 Å². The number of nitrogens with one attached hydrogen (secondary N) is 3. The fourth-order valence-corrected chi connectivity index (χ4v) is 3.24. The smallest absolute Gasteiger partial charge is 0.257 e. The van der Waals surface area contributed by atoms with Gasteiger partial charge in [-0.1, -0.05) is 36.4 Å². The van der Waals surface area contributed by atoms with E-state index in [1.807, 2.05) is 42.5 Å². The summed E-state index contributed by atoms with van der Waals surface area (Å²) < 4.78 is 0. The number of fused-ring (bicyclic) bond motifs is 1. The Labute approximate surface area is 165 Å². The van der Waals surface area contributed by atoms with Gasteiger partial charge in [0.05, 0.1) is 24.5 Å². The molecule has 0 bridgehead atoms. The highest BCUT2D eigenvalue weighted by Crippen LogP contribution is 2.28. The van der Waals surface area contributed by atoms with Crippen LogP contribution in [-0.2, 0) is 0 Å². The molecular formula is C21H15N7O. The number of carbonyl (C=O) groups is 1. The van der Waals surface area contributed by atoms with E-state index >= 15 is 0 Å². The molecule has 0 radical (unpaired) electrons. The lowest BCUT2D eigenvalue weighted by Gasteiger charge is -2.11. The number of carbonyl (C=O) groups excluding carboxylic acids is 1. The molecule has 5 rings (SSSR count). The maximum atomic E-state index is 13.1. The van der Waals surface area contributed by atoms with Gasteiger partial charge < -0.3 is 15.3 Å². The zero-order valence-corrected chi connectivity index (χ0v) is 15.1. The maximum absolute atomic E-state index is 13.1. The van der Waals surface area contributed by atoms with Gasteiger partial charge in [0.15, 0.2) is 11.5 Å². The molecule has 1 amide bonds. The van der Waals surface area contributed by atoms with Crippen molar-refractivity contribution >= 4 is 22.9 Å². The van der Waals surface area contributed by atoms with Crippen LogP contribution in [-0.4, -0.2) is 35.8 Å². The quantitative estimate of drug-likeness (QED) is 0.440. The van der Waals surface area contributed by atoms with Crippen molar-refractivity contribution in [2.24, 2.45) is 0 Å². The number of benzene rings is 2. The summed E-state index contributed by atoms with van der Waals surface area (Å²) in [6.45, 7) is 0. The monoisotopic (exact) mass is 381 g/mol. The Hall–Kier alpha value is -4.33. The fraction of sp³-hybridized carbons (Fsp3) is 0. The lowest BCUT2D eigenvalue weighted by Crippen LogP contribution is -2.14. The van der Waals surface area contributed by atoms with Crippen LogP contribution in [0.2, 0.25) is 0 Å². The Morgan fingerprint density at radius 2 is 1.79 bits per heavy atom. The molecule has 29 heavy (non-hydrogen) atoms. The second kappa shape index (κ2) is 7.01. The number of amides is 1. The van der Waals surface area contributed by atoms with Crippen LogP contribution in [0.15, 0.2) is 73.7 Å². The first-order valence-corrected chi connectivity index (χ1v) is 8.93. The fourth-order valence-electron chi connectivity index (χ4n) is 3.24. The first kappa shape index (κ1) is 16.8. The highest BCUT2D eigenvalue weighted by atomic mass is 16.1. The van der Waals surface area contributed by atoms with E-state index in [1.165, 1.54) is 12.7 Å². The largest absolute Gasteiger partial charge is 0.345 e. The molecule has 0 aliphatic rings. The van der Waals surface area contributed by atoms with E-state index in [0.717, 1.165) is 22.4 Å². The van der Waals surface area contributed by atoms with Gasteiger partial charge in [-0.15, -0.1) is 0 Å². The van der Waals surface area contributed by atoms with E-state index in [1.54, 1.807) is 18.6 Å². The summed E-state index contributed by atoms with van der Waals surface area (Å²) in [4.78, 5) is 35.5. The minimum Gasteiger partial charge on any atom is -0.345 e. The van der Waals surface area contributed by atoms with Crippen LogP contribution in [0.5, 0.6) is 0 Å². The zero-order chi connectivity index (χ0) is 19.6. The first-order chi connectivity index (χ1) is 14.3. The molecule has 140 valence electrons. The van der Waals surface area contributed by atoms with Gasteiger partial charge in [0.1, 0.15) is 11.8 Å². The molecule has 0 spiro atoms. The third kappa shape index (κ3) is 3.12. The van der Waals surface area contributed by atoms with Gasteiger partial charge in [0, 0.05) is 11.1 Å². The molecule has 3 N–H and O–H groups in total.